The molecule has 0 fully saturated rings. The van der Waals surface area contributed by atoms with E-state index in [0.29, 0.717) is 5.56 Å². The first-order valence-electron chi connectivity index (χ1n) is 7.65. The van der Waals surface area contributed by atoms with Gasteiger partial charge in [0.15, 0.2) is 0 Å². The molecule has 0 bridgehead atoms. The van der Waals surface area contributed by atoms with Gasteiger partial charge in [-0.05, 0) is 43.5 Å². The number of thiophene rings is 1. The van der Waals surface area contributed by atoms with E-state index >= 15 is 0 Å². The first kappa shape index (κ1) is 14.8. The molecule has 118 valence electrons. The van der Waals surface area contributed by atoms with Crippen molar-refractivity contribution in [1.29, 1.82) is 0 Å². The highest BCUT2D eigenvalue weighted by atomic mass is 32.1. The number of aromatic nitrogens is 3. The van der Waals surface area contributed by atoms with Gasteiger partial charge in [-0.3, -0.25) is 4.79 Å². The number of rotatable bonds is 2. The number of nitrogens with zero attached hydrogens (tertiary/aromatic N) is 3. The maximum absolute atomic E-state index is 13.1. The molecule has 5 heteroatoms. The molecular weight excluding hydrogens is 318 g/mol. The van der Waals surface area contributed by atoms with Crippen LogP contribution in [0.4, 0.5) is 0 Å². The Balaban J connectivity index is 1.96. The number of aryl methyl sites for hydroxylation is 2. The van der Waals surface area contributed by atoms with Gasteiger partial charge in [0.05, 0.1) is 27.3 Å². The fourth-order valence-corrected chi connectivity index (χ4v) is 3.54. The third kappa shape index (κ3) is 2.43. The van der Waals surface area contributed by atoms with E-state index in [1.54, 1.807) is 11.3 Å². The molecule has 0 saturated heterocycles. The Labute approximate surface area is 143 Å². The molecule has 0 radical (unpaired) electrons. The molecule has 0 aliphatic carbocycles. The standard InChI is InChI=1S/C19H15N3OS/c1-12-10-13(2)22(21-12)19(23)15-11-17(18-8-5-9-24-18)20-16-7-4-3-6-14(15)16/h3-11H,1-2H3. The summed E-state index contributed by atoms with van der Waals surface area (Å²) in [5.41, 5.74) is 3.91. The minimum Gasteiger partial charge on any atom is -0.267 e. The summed E-state index contributed by atoms with van der Waals surface area (Å²) in [5.74, 6) is -0.128. The maximum atomic E-state index is 13.1. The first-order valence-corrected chi connectivity index (χ1v) is 8.53. The average Bonchev–Trinajstić information content (AvgIpc) is 3.23. The van der Waals surface area contributed by atoms with E-state index in [-0.39, 0.29) is 5.91 Å². The zero-order valence-electron chi connectivity index (χ0n) is 13.4. The fraction of sp³-hybridized carbons (Fsp3) is 0.105. The Morgan fingerprint density at radius 3 is 2.62 bits per heavy atom. The maximum Gasteiger partial charge on any atom is 0.279 e. The molecule has 24 heavy (non-hydrogen) atoms. The summed E-state index contributed by atoms with van der Waals surface area (Å²) in [4.78, 5) is 18.8. The normalized spacial score (nSPS) is 11.1. The van der Waals surface area contributed by atoms with E-state index in [2.05, 4.69) is 5.10 Å². The second kappa shape index (κ2) is 5.69. The molecule has 4 nitrogen and oxygen atoms in total. The van der Waals surface area contributed by atoms with Gasteiger partial charge in [-0.25, -0.2) is 9.67 Å². The number of benzene rings is 1. The van der Waals surface area contributed by atoms with Gasteiger partial charge in [-0.2, -0.15) is 5.10 Å². The number of hydrogen-bond donors (Lipinski definition) is 0. The van der Waals surface area contributed by atoms with Crippen LogP contribution in [-0.4, -0.2) is 20.7 Å². The fourth-order valence-electron chi connectivity index (χ4n) is 2.85. The SMILES string of the molecule is Cc1cc(C)n(C(=O)c2cc(-c3cccs3)nc3ccccc23)n1. The molecule has 0 amide bonds. The van der Waals surface area contributed by atoms with E-state index < -0.39 is 0 Å². The van der Waals surface area contributed by atoms with Crippen LogP contribution >= 0.6 is 11.3 Å². The lowest BCUT2D eigenvalue weighted by atomic mass is 10.1. The molecule has 0 spiro atoms. The lowest BCUT2D eigenvalue weighted by molar-refractivity contribution is 0.0944. The summed E-state index contributed by atoms with van der Waals surface area (Å²) in [7, 11) is 0. The number of para-hydroxylation sites is 1. The highest BCUT2D eigenvalue weighted by Crippen LogP contribution is 2.28. The summed E-state index contributed by atoms with van der Waals surface area (Å²) in [6.07, 6.45) is 0. The highest BCUT2D eigenvalue weighted by Gasteiger charge is 2.18. The van der Waals surface area contributed by atoms with Gasteiger partial charge in [0, 0.05) is 11.1 Å². The lowest BCUT2D eigenvalue weighted by Crippen LogP contribution is -2.16. The Morgan fingerprint density at radius 2 is 1.92 bits per heavy atom. The van der Waals surface area contributed by atoms with Crippen LogP contribution in [0.3, 0.4) is 0 Å². The minimum absolute atomic E-state index is 0.128. The molecule has 0 N–H and O–H groups in total. The van der Waals surface area contributed by atoms with E-state index in [1.165, 1.54) is 4.68 Å². The second-order valence-electron chi connectivity index (χ2n) is 5.69. The zero-order chi connectivity index (χ0) is 16.7. The van der Waals surface area contributed by atoms with Crippen molar-refractivity contribution in [3.63, 3.8) is 0 Å². The van der Waals surface area contributed by atoms with Crippen molar-refractivity contribution in [2.24, 2.45) is 0 Å². The van der Waals surface area contributed by atoms with Crippen LogP contribution in [0, 0.1) is 13.8 Å². The number of hydrogen-bond acceptors (Lipinski definition) is 4. The molecule has 3 heterocycles. The van der Waals surface area contributed by atoms with E-state index in [9.17, 15) is 4.79 Å². The molecule has 0 atom stereocenters. The Hall–Kier alpha value is -2.79. The van der Waals surface area contributed by atoms with Crippen molar-refractivity contribution in [3.05, 3.63) is 70.9 Å². The van der Waals surface area contributed by atoms with Gasteiger partial charge in [-0.15, -0.1) is 11.3 Å². The minimum atomic E-state index is -0.128. The summed E-state index contributed by atoms with van der Waals surface area (Å²) < 4.78 is 1.47. The first-order chi connectivity index (χ1) is 11.6. The Kier molecular flexibility index (Phi) is 3.50. The molecule has 0 aliphatic heterocycles. The van der Waals surface area contributed by atoms with Crippen LogP contribution in [0.25, 0.3) is 21.5 Å². The Bertz CT molecular complexity index is 1050. The number of pyridine rings is 1. The molecule has 0 aliphatic rings. The van der Waals surface area contributed by atoms with Crippen molar-refractivity contribution in [3.8, 4) is 10.6 Å². The summed E-state index contributed by atoms with van der Waals surface area (Å²) in [5, 5.41) is 7.19. The van der Waals surface area contributed by atoms with Crippen LogP contribution in [0.15, 0.2) is 53.9 Å². The second-order valence-corrected chi connectivity index (χ2v) is 6.64. The summed E-state index contributed by atoms with van der Waals surface area (Å²) in [6, 6.07) is 15.5. The third-order valence-electron chi connectivity index (χ3n) is 3.92. The molecule has 3 aromatic heterocycles. The van der Waals surface area contributed by atoms with Crippen LogP contribution in [0.1, 0.15) is 21.7 Å². The third-order valence-corrected chi connectivity index (χ3v) is 4.81. The van der Waals surface area contributed by atoms with Crippen molar-refractivity contribution in [2.75, 3.05) is 0 Å². The van der Waals surface area contributed by atoms with Crippen LogP contribution in [0.2, 0.25) is 0 Å². The van der Waals surface area contributed by atoms with Crippen molar-refractivity contribution in [1.82, 2.24) is 14.8 Å². The molecule has 1 aromatic carbocycles. The highest BCUT2D eigenvalue weighted by molar-refractivity contribution is 7.13. The smallest absolute Gasteiger partial charge is 0.267 e. The lowest BCUT2D eigenvalue weighted by Gasteiger charge is -2.09. The predicted octanol–water partition coefficient (Wildman–Crippen LogP) is 4.47. The summed E-state index contributed by atoms with van der Waals surface area (Å²) >= 11 is 1.61. The van der Waals surface area contributed by atoms with Crippen molar-refractivity contribution >= 4 is 28.1 Å². The summed E-state index contributed by atoms with van der Waals surface area (Å²) in [6.45, 7) is 3.78. The quantitative estimate of drug-likeness (QED) is 0.544. The topological polar surface area (TPSA) is 47.8 Å². The van der Waals surface area contributed by atoms with Gasteiger partial charge in [-0.1, -0.05) is 24.3 Å². The monoisotopic (exact) mass is 333 g/mol. The van der Waals surface area contributed by atoms with E-state index in [0.717, 1.165) is 32.9 Å². The van der Waals surface area contributed by atoms with Gasteiger partial charge in [0.1, 0.15) is 0 Å². The molecular formula is C19H15N3OS. The van der Waals surface area contributed by atoms with Crippen molar-refractivity contribution < 1.29 is 4.79 Å². The molecule has 4 aromatic rings. The van der Waals surface area contributed by atoms with Gasteiger partial charge < -0.3 is 0 Å². The van der Waals surface area contributed by atoms with E-state index in [4.69, 9.17) is 4.98 Å². The Morgan fingerprint density at radius 1 is 1.08 bits per heavy atom. The average molecular weight is 333 g/mol. The van der Waals surface area contributed by atoms with Crippen molar-refractivity contribution in [2.45, 2.75) is 13.8 Å². The van der Waals surface area contributed by atoms with E-state index in [1.807, 2.05) is 67.8 Å². The zero-order valence-corrected chi connectivity index (χ0v) is 14.2. The number of carbonyl (C=O) groups excluding carboxylic acids is 1. The predicted molar refractivity (Wildman–Crippen MR) is 96.5 cm³/mol. The largest absolute Gasteiger partial charge is 0.279 e. The molecule has 4 rings (SSSR count). The van der Waals surface area contributed by atoms with Gasteiger partial charge >= 0.3 is 0 Å². The van der Waals surface area contributed by atoms with Gasteiger partial charge in [0.25, 0.3) is 5.91 Å². The van der Waals surface area contributed by atoms with Crippen LogP contribution in [0.5, 0.6) is 0 Å². The van der Waals surface area contributed by atoms with Gasteiger partial charge in [0.2, 0.25) is 0 Å². The number of carbonyl (C=O) groups is 1. The molecule has 0 unspecified atom stereocenters. The van der Waals surface area contributed by atoms with Crippen LogP contribution < -0.4 is 0 Å². The number of fused-ring (bicyclic) bond motifs is 1. The molecule has 0 saturated carbocycles. The van der Waals surface area contributed by atoms with Crippen LogP contribution in [-0.2, 0) is 0 Å².